The van der Waals surface area contributed by atoms with Gasteiger partial charge >= 0.3 is 16.8 Å². The van der Waals surface area contributed by atoms with Crippen molar-refractivity contribution in [3.8, 4) is 0 Å². The number of isothiocyanates is 1. The van der Waals surface area contributed by atoms with Crippen LogP contribution in [0.4, 0.5) is 0 Å². The molecular weight excluding hydrogens is 267 g/mol. The molecule has 0 unspecified atom stereocenters. The van der Waals surface area contributed by atoms with Crippen LogP contribution in [0.2, 0.25) is 0 Å². The number of rotatable bonds is 2. The van der Waals surface area contributed by atoms with Gasteiger partial charge in [-0.25, -0.2) is 5.41 Å². The summed E-state index contributed by atoms with van der Waals surface area (Å²) in [6.07, 6.45) is 0. The van der Waals surface area contributed by atoms with Gasteiger partial charge < -0.3 is 33.0 Å². The predicted molar refractivity (Wildman–Crippen MR) is 61.2 cm³/mol. The summed E-state index contributed by atoms with van der Waals surface area (Å²) in [7, 11) is 0. The Morgan fingerprint density at radius 2 is 1.20 bits per heavy atom. The largest absolute Gasteiger partial charge is 2.00 e. The summed E-state index contributed by atoms with van der Waals surface area (Å²) in [5, 5.41) is 16.4. The summed E-state index contributed by atoms with van der Waals surface area (Å²) in [6.45, 7) is 0.944. The Morgan fingerprint density at radius 1 is 1.13 bits per heavy atom. The topological polar surface area (TPSA) is 172 Å². The zero-order valence-electron chi connectivity index (χ0n) is 7.83. The second-order valence-corrected chi connectivity index (χ2v) is 1.38. The third kappa shape index (κ3) is 755. The Labute approximate surface area is 104 Å². The maximum atomic E-state index is 8.00. The second-order valence-electron chi connectivity index (χ2n) is 1.18. The van der Waals surface area contributed by atoms with E-state index in [4.69, 9.17) is 38.5 Å². The molecule has 8 nitrogen and oxygen atoms in total. The second kappa shape index (κ2) is 69.3. The number of nitrogens with zero attached hydrogens (tertiary/aromatic N) is 1. The summed E-state index contributed by atoms with van der Waals surface area (Å²) in [4.78, 5) is 8.00. The number of nitrogens with one attached hydrogen (secondary N) is 5. The van der Waals surface area contributed by atoms with Crippen molar-refractivity contribution in [3.05, 3.63) is 33.0 Å². The third-order valence-electron chi connectivity index (χ3n) is 0.250. The van der Waals surface area contributed by atoms with Crippen molar-refractivity contribution < 1.29 is 16.8 Å². The van der Waals surface area contributed by atoms with E-state index in [1.54, 1.807) is 5.16 Å². The average molecular weight is 280 g/mol. The Hall–Kier alpha value is -0.454. The standard InChI is InChI=1S/2C2H6N2.CHNS.Co.HNO2/c2*3-1-2-4;2-1-3;;2-1-3/h2*3-4H,1-2H2;2H;;(H,2,3)/q2*-2;;+2;/p-1. The maximum Gasteiger partial charge on any atom is 2.00 e. The summed E-state index contributed by atoms with van der Waals surface area (Å²) < 4.78 is 0. The SMILES string of the molecule is N=C=S.O=N[O-].[Co+2].[NH-]CC[NH-].[NH-]CC[NH-]. The van der Waals surface area contributed by atoms with Crippen LogP contribution in [0.3, 0.4) is 0 Å². The van der Waals surface area contributed by atoms with Gasteiger partial charge in [0.25, 0.3) is 0 Å². The quantitative estimate of drug-likeness (QED) is 0.355. The van der Waals surface area contributed by atoms with Gasteiger partial charge in [-0.15, -0.1) is 5.34 Å². The minimum absolute atomic E-state index is 0. The van der Waals surface area contributed by atoms with E-state index in [0.29, 0.717) is 0 Å². The van der Waals surface area contributed by atoms with Crippen molar-refractivity contribution in [2.45, 2.75) is 0 Å². The van der Waals surface area contributed by atoms with Gasteiger partial charge in [-0.05, 0) is 12.2 Å². The molecule has 10 heteroatoms. The van der Waals surface area contributed by atoms with E-state index in [2.05, 4.69) is 12.2 Å². The zero-order chi connectivity index (χ0) is 12.2. The van der Waals surface area contributed by atoms with Crippen molar-refractivity contribution in [1.29, 1.82) is 5.41 Å². The van der Waals surface area contributed by atoms with E-state index in [0.717, 1.165) is 5.34 Å². The van der Waals surface area contributed by atoms with Gasteiger partial charge in [-0.3, -0.25) is 0 Å². The molecule has 0 fully saturated rings. The van der Waals surface area contributed by atoms with E-state index in [1.807, 2.05) is 0 Å². The Morgan fingerprint density at radius 3 is 1.20 bits per heavy atom. The molecule has 0 spiro atoms. The van der Waals surface area contributed by atoms with E-state index in [9.17, 15) is 0 Å². The summed E-state index contributed by atoms with van der Waals surface area (Å²) in [5.41, 5.74) is 25.1. The molecule has 15 heavy (non-hydrogen) atoms. The van der Waals surface area contributed by atoms with Crippen molar-refractivity contribution in [1.82, 2.24) is 0 Å². The Bertz CT molecular complexity index is 106. The summed E-state index contributed by atoms with van der Waals surface area (Å²) in [6, 6.07) is 0. The summed E-state index contributed by atoms with van der Waals surface area (Å²) >= 11 is 3.81. The molecule has 0 amide bonds. The van der Waals surface area contributed by atoms with Gasteiger partial charge in [0.05, 0.1) is 5.16 Å². The molecule has 1 radical (unpaired) electrons. The van der Waals surface area contributed by atoms with Crippen LogP contribution in [-0.2, 0) is 16.8 Å². The monoisotopic (exact) mass is 280 g/mol. The van der Waals surface area contributed by atoms with Crippen LogP contribution >= 0.6 is 12.2 Å². The molecule has 0 aliphatic carbocycles. The molecule has 0 bridgehead atoms. The first-order valence-electron chi connectivity index (χ1n) is 3.23. The van der Waals surface area contributed by atoms with Crippen LogP contribution in [-0.4, -0.2) is 31.3 Å². The van der Waals surface area contributed by atoms with E-state index in [-0.39, 0.29) is 43.0 Å². The number of hydrogen-bond donors (Lipinski definition) is 1. The average Bonchev–Trinajstić information content (AvgIpc) is 2.20. The number of hydrogen-bond acceptors (Lipinski definition) is 5. The molecule has 0 heterocycles. The molecule has 0 aromatic carbocycles. The molecule has 0 aromatic heterocycles. The van der Waals surface area contributed by atoms with Crippen LogP contribution in [0.25, 0.3) is 22.9 Å². The fraction of sp³-hybridized carbons (Fsp3) is 0.800. The van der Waals surface area contributed by atoms with Crippen LogP contribution in [0, 0.1) is 15.5 Å². The Kier molecular flexibility index (Phi) is 135. The first-order valence-corrected chi connectivity index (χ1v) is 3.64. The molecule has 5 N–H and O–H groups in total. The van der Waals surface area contributed by atoms with Crippen LogP contribution in [0.5, 0.6) is 0 Å². The molecule has 0 aromatic rings. The minimum Gasteiger partial charge on any atom is -0.679 e. The molecule has 93 valence electrons. The Balaban J connectivity index is -0.0000000293. The van der Waals surface area contributed by atoms with Gasteiger partial charge in [-0.1, -0.05) is 0 Å². The smallest absolute Gasteiger partial charge is 0.679 e. The first kappa shape index (κ1) is 29.3. The third-order valence-corrected chi connectivity index (χ3v) is 0.250. The van der Waals surface area contributed by atoms with Crippen LogP contribution < -0.4 is 0 Å². The predicted octanol–water partition coefficient (Wildman–Crippen LogP) is 3.10. The molecule has 0 rings (SSSR count). The van der Waals surface area contributed by atoms with E-state index < -0.39 is 0 Å². The minimum atomic E-state index is 0. The zero-order valence-corrected chi connectivity index (χ0v) is 9.69. The normalized spacial score (nSPS) is 5.33. The van der Waals surface area contributed by atoms with Gasteiger partial charge in [-0.2, -0.15) is 26.2 Å². The molecule has 0 saturated heterocycles. The van der Waals surface area contributed by atoms with Crippen LogP contribution in [0.15, 0.2) is 5.34 Å². The fourth-order valence-electron chi connectivity index (χ4n) is 0. The van der Waals surface area contributed by atoms with Crippen molar-refractivity contribution in [3.63, 3.8) is 0 Å². The molecule has 0 saturated carbocycles. The van der Waals surface area contributed by atoms with Gasteiger partial charge in [0, 0.05) is 0 Å². The fourth-order valence-corrected chi connectivity index (χ4v) is 0. The van der Waals surface area contributed by atoms with Crippen molar-refractivity contribution >= 4 is 17.4 Å². The molecule has 0 aliphatic rings. The van der Waals surface area contributed by atoms with E-state index in [1.165, 1.54) is 0 Å². The van der Waals surface area contributed by atoms with Gasteiger partial charge in [0.15, 0.2) is 0 Å². The van der Waals surface area contributed by atoms with Crippen LogP contribution in [0.1, 0.15) is 0 Å². The van der Waals surface area contributed by atoms with E-state index >= 15 is 0 Å². The first-order chi connectivity index (χ1) is 6.66. The molecular formula is C5H13CoN6O2S-3. The van der Waals surface area contributed by atoms with Gasteiger partial charge in [0.2, 0.25) is 0 Å². The van der Waals surface area contributed by atoms with Crippen molar-refractivity contribution in [2.75, 3.05) is 26.2 Å². The summed E-state index contributed by atoms with van der Waals surface area (Å²) in [5.74, 6) is 0. The molecule has 0 aliphatic heterocycles. The number of thiocarbonyl (C=S) groups is 1. The molecule has 0 atom stereocenters. The maximum absolute atomic E-state index is 8.00. The van der Waals surface area contributed by atoms with Crippen molar-refractivity contribution in [2.24, 2.45) is 5.34 Å². The van der Waals surface area contributed by atoms with Gasteiger partial charge in [0.1, 0.15) is 0 Å².